The van der Waals surface area contributed by atoms with Gasteiger partial charge in [-0.3, -0.25) is 11.3 Å². The second-order valence-electron chi connectivity index (χ2n) is 2.63. The lowest BCUT2D eigenvalue weighted by molar-refractivity contribution is 0.480. The number of hydrogen-bond donors (Lipinski definition) is 2. The highest BCUT2D eigenvalue weighted by Gasteiger charge is 2.29. The third-order valence-corrected chi connectivity index (χ3v) is 1.83. The number of hydrazine groups is 1. The van der Waals surface area contributed by atoms with Gasteiger partial charge in [0.15, 0.2) is 0 Å². The van der Waals surface area contributed by atoms with Gasteiger partial charge in [0.2, 0.25) is 0 Å². The van der Waals surface area contributed by atoms with Gasteiger partial charge in [-0.05, 0) is 25.2 Å². The van der Waals surface area contributed by atoms with E-state index >= 15 is 0 Å². The highest BCUT2D eigenvalue weighted by Crippen LogP contribution is 2.33. The third-order valence-electron chi connectivity index (χ3n) is 1.83. The van der Waals surface area contributed by atoms with Crippen LogP contribution >= 0.6 is 0 Å². The first-order valence-electron chi connectivity index (χ1n) is 3.45. The molecule has 0 bridgehead atoms. The minimum absolute atomic E-state index is 0.488. The summed E-state index contributed by atoms with van der Waals surface area (Å²) in [6, 6.07) is 0.488. The Labute approximate surface area is 56.1 Å². The molecule has 0 aromatic rings. The van der Waals surface area contributed by atoms with Crippen molar-refractivity contribution < 1.29 is 0 Å². The fourth-order valence-electron chi connectivity index (χ4n) is 1.07. The van der Waals surface area contributed by atoms with Crippen LogP contribution in [-0.4, -0.2) is 6.04 Å². The fourth-order valence-corrected chi connectivity index (χ4v) is 1.07. The monoisotopic (exact) mass is 126 g/mol. The minimum Gasteiger partial charge on any atom is -0.271 e. The van der Waals surface area contributed by atoms with E-state index in [0.29, 0.717) is 6.04 Å². The minimum atomic E-state index is 0.488. The molecule has 9 heavy (non-hydrogen) atoms. The predicted octanol–water partition coefficient (Wildman–Crippen LogP) is 0.804. The van der Waals surface area contributed by atoms with Crippen molar-refractivity contribution in [1.82, 2.24) is 5.43 Å². The van der Waals surface area contributed by atoms with Crippen molar-refractivity contribution in [3.63, 3.8) is 0 Å². The van der Waals surface area contributed by atoms with Gasteiger partial charge >= 0.3 is 0 Å². The Hall–Kier alpha value is -0.340. The van der Waals surface area contributed by atoms with Gasteiger partial charge in [-0.1, -0.05) is 6.08 Å². The van der Waals surface area contributed by atoms with Crippen molar-refractivity contribution in [2.45, 2.75) is 25.3 Å². The standard InChI is InChI=1S/C7H14N2/c1-2-3-7(9-8)6-4-5-6/h2,6-7,9H,1,3-5,8H2. The van der Waals surface area contributed by atoms with Gasteiger partial charge in [0.1, 0.15) is 0 Å². The molecule has 0 saturated heterocycles. The Kier molecular flexibility index (Phi) is 2.25. The second-order valence-corrected chi connectivity index (χ2v) is 2.63. The van der Waals surface area contributed by atoms with E-state index in [4.69, 9.17) is 5.84 Å². The van der Waals surface area contributed by atoms with Gasteiger partial charge in [0.25, 0.3) is 0 Å². The maximum absolute atomic E-state index is 5.30. The number of hydrogen-bond acceptors (Lipinski definition) is 2. The van der Waals surface area contributed by atoms with Crippen LogP contribution in [0, 0.1) is 5.92 Å². The van der Waals surface area contributed by atoms with E-state index in [-0.39, 0.29) is 0 Å². The van der Waals surface area contributed by atoms with Gasteiger partial charge in [-0.15, -0.1) is 6.58 Å². The lowest BCUT2D eigenvalue weighted by Crippen LogP contribution is -2.36. The van der Waals surface area contributed by atoms with Gasteiger partial charge < -0.3 is 0 Å². The molecule has 0 aliphatic heterocycles. The van der Waals surface area contributed by atoms with Gasteiger partial charge in [0, 0.05) is 6.04 Å². The second kappa shape index (κ2) is 2.99. The zero-order chi connectivity index (χ0) is 6.69. The molecule has 3 N–H and O–H groups in total. The molecule has 0 spiro atoms. The first kappa shape index (κ1) is 6.78. The zero-order valence-electron chi connectivity index (χ0n) is 5.64. The summed E-state index contributed by atoms with van der Waals surface area (Å²) in [4.78, 5) is 0. The molecule has 1 unspecified atom stereocenters. The summed E-state index contributed by atoms with van der Waals surface area (Å²) < 4.78 is 0. The predicted molar refractivity (Wildman–Crippen MR) is 38.6 cm³/mol. The summed E-state index contributed by atoms with van der Waals surface area (Å²) in [7, 11) is 0. The smallest absolute Gasteiger partial charge is 0.0273 e. The van der Waals surface area contributed by atoms with Gasteiger partial charge in [-0.2, -0.15) is 0 Å². The molecule has 1 atom stereocenters. The SMILES string of the molecule is C=CCC(NN)C1CC1. The lowest BCUT2D eigenvalue weighted by Gasteiger charge is -2.10. The van der Waals surface area contributed by atoms with Crippen molar-refractivity contribution in [2.75, 3.05) is 0 Å². The van der Waals surface area contributed by atoms with Crippen molar-refractivity contribution in [2.24, 2.45) is 11.8 Å². The maximum Gasteiger partial charge on any atom is 0.0273 e. The summed E-state index contributed by atoms with van der Waals surface area (Å²) in [6.45, 7) is 3.66. The van der Waals surface area contributed by atoms with E-state index in [0.717, 1.165) is 12.3 Å². The van der Waals surface area contributed by atoms with Crippen LogP contribution in [0.3, 0.4) is 0 Å². The molecular formula is C7H14N2. The van der Waals surface area contributed by atoms with Crippen LogP contribution in [-0.2, 0) is 0 Å². The molecule has 2 heteroatoms. The first-order valence-corrected chi connectivity index (χ1v) is 3.45. The zero-order valence-corrected chi connectivity index (χ0v) is 5.64. The van der Waals surface area contributed by atoms with Crippen molar-refractivity contribution >= 4 is 0 Å². The van der Waals surface area contributed by atoms with Crippen molar-refractivity contribution in [1.29, 1.82) is 0 Å². The van der Waals surface area contributed by atoms with E-state index in [1.807, 2.05) is 6.08 Å². The van der Waals surface area contributed by atoms with E-state index < -0.39 is 0 Å². The third kappa shape index (κ3) is 1.80. The molecule has 0 amide bonds. The van der Waals surface area contributed by atoms with E-state index in [1.54, 1.807) is 0 Å². The molecular weight excluding hydrogens is 112 g/mol. The van der Waals surface area contributed by atoms with Crippen molar-refractivity contribution in [3.05, 3.63) is 12.7 Å². The average Bonchev–Trinajstić information content (AvgIpc) is 2.64. The van der Waals surface area contributed by atoms with E-state index in [1.165, 1.54) is 12.8 Å². The highest BCUT2D eigenvalue weighted by atomic mass is 15.2. The summed E-state index contributed by atoms with van der Waals surface area (Å²) in [5, 5.41) is 0. The summed E-state index contributed by atoms with van der Waals surface area (Å²) in [5.41, 5.74) is 2.79. The fraction of sp³-hybridized carbons (Fsp3) is 0.714. The largest absolute Gasteiger partial charge is 0.271 e. The van der Waals surface area contributed by atoms with Crippen LogP contribution in [0.25, 0.3) is 0 Å². The van der Waals surface area contributed by atoms with Crippen LogP contribution in [0.5, 0.6) is 0 Å². The molecule has 0 aromatic heterocycles. The van der Waals surface area contributed by atoms with Gasteiger partial charge in [0.05, 0.1) is 0 Å². The Morgan fingerprint density at radius 2 is 2.44 bits per heavy atom. The average molecular weight is 126 g/mol. The molecule has 2 nitrogen and oxygen atoms in total. The first-order chi connectivity index (χ1) is 4.38. The summed E-state index contributed by atoms with van der Waals surface area (Å²) in [6.07, 6.45) is 5.59. The molecule has 1 aliphatic rings. The van der Waals surface area contributed by atoms with Crippen LogP contribution in [0.1, 0.15) is 19.3 Å². The Morgan fingerprint density at radius 3 is 2.78 bits per heavy atom. The van der Waals surface area contributed by atoms with E-state index in [2.05, 4.69) is 12.0 Å². The van der Waals surface area contributed by atoms with Crippen molar-refractivity contribution in [3.8, 4) is 0 Å². The number of rotatable bonds is 4. The maximum atomic E-state index is 5.30. The summed E-state index contributed by atoms with van der Waals surface area (Å²) in [5.74, 6) is 6.13. The Morgan fingerprint density at radius 1 is 1.78 bits per heavy atom. The molecule has 1 saturated carbocycles. The van der Waals surface area contributed by atoms with Crippen LogP contribution < -0.4 is 11.3 Å². The van der Waals surface area contributed by atoms with Gasteiger partial charge in [-0.25, -0.2) is 0 Å². The molecule has 0 aromatic carbocycles. The van der Waals surface area contributed by atoms with Crippen LogP contribution in [0.15, 0.2) is 12.7 Å². The molecule has 1 rings (SSSR count). The Balaban J connectivity index is 2.20. The van der Waals surface area contributed by atoms with E-state index in [9.17, 15) is 0 Å². The highest BCUT2D eigenvalue weighted by molar-refractivity contribution is 4.89. The van der Waals surface area contributed by atoms with Crippen LogP contribution in [0.2, 0.25) is 0 Å². The molecule has 0 radical (unpaired) electrons. The quantitative estimate of drug-likeness (QED) is 0.332. The summed E-state index contributed by atoms with van der Waals surface area (Å²) >= 11 is 0. The molecule has 1 fully saturated rings. The lowest BCUT2D eigenvalue weighted by atomic mass is 10.1. The molecule has 52 valence electrons. The topological polar surface area (TPSA) is 38.0 Å². The Bertz CT molecular complexity index is 97.1. The normalized spacial score (nSPS) is 21.4. The number of nitrogens with one attached hydrogen (secondary N) is 1. The molecule has 1 aliphatic carbocycles. The number of nitrogens with two attached hydrogens (primary N) is 1. The van der Waals surface area contributed by atoms with Crippen LogP contribution in [0.4, 0.5) is 0 Å². The molecule has 0 heterocycles.